The highest BCUT2D eigenvalue weighted by Crippen LogP contribution is 2.17. The maximum atomic E-state index is 13.2. The van der Waals surface area contributed by atoms with E-state index in [-0.39, 0.29) is 23.3 Å². The number of amides is 3. The van der Waals surface area contributed by atoms with Gasteiger partial charge in [-0.1, -0.05) is 12.1 Å². The van der Waals surface area contributed by atoms with Crippen LogP contribution in [-0.2, 0) is 22.6 Å². The van der Waals surface area contributed by atoms with Gasteiger partial charge in [0.2, 0.25) is 5.91 Å². The van der Waals surface area contributed by atoms with Crippen molar-refractivity contribution in [1.29, 1.82) is 0 Å². The molecule has 1 aromatic heterocycles. The number of benzene rings is 1. The number of carbonyl (C=O) groups excluding carboxylic acids is 3. The summed E-state index contributed by atoms with van der Waals surface area (Å²) in [5.41, 5.74) is 1.24. The second-order valence-corrected chi connectivity index (χ2v) is 7.98. The molecule has 2 aliphatic rings. The Morgan fingerprint density at radius 3 is 2.59 bits per heavy atom. The van der Waals surface area contributed by atoms with E-state index in [0.29, 0.717) is 58.1 Å². The van der Waals surface area contributed by atoms with Crippen molar-refractivity contribution < 1.29 is 23.5 Å². The quantitative estimate of drug-likeness (QED) is 0.745. The summed E-state index contributed by atoms with van der Waals surface area (Å²) in [7, 11) is 0. The van der Waals surface area contributed by atoms with Gasteiger partial charge in [0.25, 0.3) is 11.8 Å². The molecule has 1 aromatic carbocycles. The Bertz CT molecular complexity index is 1000. The minimum absolute atomic E-state index is 0.0959. The van der Waals surface area contributed by atoms with Gasteiger partial charge in [0.15, 0.2) is 5.69 Å². The molecule has 4 rings (SSSR count). The van der Waals surface area contributed by atoms with Crippen LogP contribution in [0.25, 0.3) is 0 Å². The SMILES string of the molecule is C[C@@H](NC(=O)c1cc2n(n1)CCCN(Cc1ccc(F)cc1)C2=O)C(=O)N1CCOCC1. The number of aromatic nitrogens is 2. The molecule has 9 nitrogen and oxygen atoms in total. The molecule has 32 heavy (non-hydrogen) atoms. The summed E-state index contributed by atoms with van der Waals surface area (Å²) in [6.07, 6.45) is 0.675. The Labute approximate surface area is 185 Å². The van der Waals surface area contributed by atoms with Crippen LogP contribution in [0.2, 0.25) is 0 Å². The van der Waals surface area contributed by atoms with E-state index < -0.39 is 11.9 Å². The van der Waals surface area contributed by atoms with E-state index in [0.717, 1.165) is 5.56 Å². The molecule has 0 bridgehead atoms. The molecule has 1 fully saturated rings. The Kier molecular flexibility index (Phi) is 6.50. The van der Waals surface area contributed by atoms with Gasteiger partial charge in [-0.2, -0.15) is 5.10 Å². The van der Waals surface area contributed by atoms with Gasteiger partial charge in [0.1, 0.15) is 17.6 Å². The fourth-order valence-electron chi connectivity index (χ4n) is 3.90. The fourth-order valence-corrected chi connectivity index (χ4v) is 3.90. The largest absolute Gasteiger partial charge is 0.378 e. The summed E-state index contributed by atoms with van der Waals surface area (Å²) in [5, 5.41) is 6.98. The molecule has 2 aliphatic heterocycles. The number of aryl methyl sites for hydroxylation is 1. The van der Waals surface area contributed by atoms with Crippen molar-refractivity contribution in [3.63, 3.8) is 0 Å². The second-order valence-electron chi connectivity index (χ2n) is 7.98. The first-order valence-electron chi connectivity index (χ1n) is 10.7. The van der Waals surface area contributed by atoms with Crippen LogP contribution in [0, 0.1) is 5.82 Å². The first-order valence-corrected chi connectivity index (χ1v) is 10.7. The molecule has 0 aliphatic carbocycles. The zero-order chi connectivity index (χ0) is 22.7. The zero-order valence-corrected chi connectivity index (χ0v) is 17.9. The maximum Gasteiger partial charge on any atom is 0.272 e. The summed E-state index contributed by atoms with van der Waals surface area (Å²) in [6, 6.07) is 6.78. The lowest BCUT2D eigenvalue weighted by Gasteiger charge is -2.29. The lowest BCUT2D eigenvalue weighted by atomic mass is 10.2. The van der Waals surface area contributed by atoms with Crippen molar-refractivity contribution in [3.05, 3.63) is 53.1 Å². The number of nitrogens with one attached hydrogen (secondary N) is 1. The summed E-state index contributed by atoms with van der Waals surface area (Å²) in [6.45, 7) is 4.96. The third-order valence-corrected chi connectivity index (χ3v) is 5.64. The van der Waals surface area contributed by atoms with Crippen LogP contribution in [0.5, 0.6) is 0 Å². The van der Waals surface area contributed by atoms with Crippen LogP contribution < -0.4 is 5.32 Å². The Morgan fingerprint density at radius 1 is 1.16 bits per heavy atom. The van der Waals surface area contributed by atoms with Gasteiger partial charge in [0, 0.05) is 38.8 Å². The van der Waals surface area contributed by atoms with Crippen molar-refractivity contribution >= 4 is 17.7 Å². The molecule has 1 saturated heterocycles. The fraction of sp³-hybridized carbons (Fsp3) is 0.455. The summed E-state index contributed by atoms with van der Waals surface area (Å²) in [5.74, 6) is -1.25. The number of hydrogen-bond acceptors (Lipinski definition) is 5. The third-order valence-electron chi connectivity index (χ3n) is 5.64. The Hall–Kier alpha value is -3.27. The normalized spacial score (nSPS) is 17.5. The topological polar surface area (TPSA) is 96.8 Å². The van der Waals surface area contributed by atoms with Gasteiger partial charge in [-0.15, -0.1) is 0 Å². The maximum absolute atomic E-state index is 13.2. The van der Waals surface area contributed by atoms with Crippen LogP contribution in [0.4, 0.5) is 4.39 Å². The predicted molar refractivity (Wildman–Crippen MR) is 112 cm³/mol. The average Bonchev–Trinajstić information content (AvgIpc) is 3.18. The smallest absolute Gasteiger partial charge is 0.272 e. The van der Waals surface area contributed by atoms with Crippen molar-refractivity contribution in [3.8, 4) is 0 Å². The van der Waals surface area contributed by atoms with Crippen molar-refractivity contribution in [2.75, 3.05) is 32.8 Å². The molecule has 3 amide bonds. The number of hydrogen-bond donors (Lipinski definition) is 1. The van der Waals surface area contributed by atoms with Gasteiger partial charge in [-0.25, -0.2) is 4.39 Å². The minimum Gasteiger partial charge on any atom is -0.378 e. The number of halogens is 1. The monoisotopic (exact) mass is 443 g/mol. The molecule has 0 spiro atoms. The summed E-state index contributed by atoms with van der Waals surface area (Å²) >= 11 is 0. The lowest BCUT2D eigenvalue weighted by molar-refractivity contribution is -0.136. The van der Waals surface area contributed by atoms with E-state index in [2.05, 4.69) is 10.4 Å². The number of ether oxygens (including phenoxy) is 1. The standard InChI is InChI=1S/C22H26FN5O4/c1-15(21(30)26-9-11-32-12-10-26)24-20(29)18-13-19-22(31)27(7-2-8-28(19)25-18)14-16-3-5-17(23)6-4-16/h3-6,13,15H,2,7-12,14H2,1H3,(H,24,29)/t15-/m1/s1. The molecule has 1 atom stereocenters. The second kappa shape index (κ2) is 9.47. The van der Waals surface area contributed by atoms with Crippen LogP contribution in [0.1, 0.15) is 39.9 Å². The molecule has 3 heterocycles. The number of carbonyl (C=O) groups is 3. The van der Waals surface area contributed by atoms with E-state index in [1.807, 2.05) is 0 Å². The molecule has 0 radical (unpaired) electrons. The molecule has 170 valence electrons. The van der Waals surface area contributed by atoms with Gasteiger partial charge in [0.05, 0.1) is 13.2 Å². The molecule has 0 saturated carbocycles. The number of nitrogens with zero attached hydrogens (tertiary/aromatic N) is 4. The van der Waals surface area contributed by atoms with Gasteiger partial charge >= 0.3 is 0 Å². The summed E-state index contributed by atoms with van der Waals surface area (Å²) < 4.78 is 20.0. The van der Waals surface area contributed by atoms with Crippen LogP contribution in [-0.4, -0.2) is 76.2 Å². The molecular weight excluding hydrogens is 417 g/mol. The van der Waals surface area contributed by atoms with Gasteiger partial charge in [-0.05, 0) is 31.0 Å². The zero-order valence-electron chi connectivity index (χ0n) is 17.9. The highest BCUT2D eigenvalue weighted by atomic mass is 19.1. The van der Waals surface area contributed by atoms with E-state index in [4.69, 9.17) is 4.74 Å². The number of morpholine rings is 1. The predicted octanol–water partition coefficient (Wildman–Crippen LogP) is 1.05. The Balaban J connectivity index is 1.43. The molecule has 10 heteroatoms. The molecule has 0 unspecified atom stereocenters. The van der Waals surface area contributed by atoms with Crippen LogP contribution in [0.15, 0.2) is 30.3 Å². The number of rotatable bonds is 5. The molecule has 1 N–H and O–H groups in total. The van der Waals surface area contributed by atoms with E-state index >= 15 is 0 Å². The van der Waals surface area contributed by atoms with Gasteiger partial charge in [-0.3, -0.25) is 19.1 Å². The van der Waals surface area contributed by atoms with E-state index in [1.54, 1.807) is 28.9 Å². The number of fused-ring (bicyclic) bond motifs is 1. The van der Waals surface area contributed by atoms with Gasteiger partial charge < -0.3 is 19.9 Å². The highest BCUT2D eigenvalue weighted by Gasteiger charge is 2.28. The highest BCUT2D eigenvalue weighted by molar-refractivity contribution is 5.99. The van der Waals surface area contributed by atoms with Crippen LogP contribution >= 0.6 is 0 Å². The third kappa shape index (κ3) is 4.80. The minimum atomic E-state index is -0.715. The van der Waals surface area contributed by atoms with E-state index in [9.17, 15) is 18.8 Å². The summed E-state index contributed by atoms with van der Waals surface area (Å²) in [4.78, 5) is 41.6. The van der Waals surface area contributed by atoms with Crippen molar-refractivity contribution in [2.24, 2.45) is 0 Å². The Morgan fingerprint density at radius 2 is 1.88 bits per heavy atom. The first kappa shape index (κ1) is 21.9. The van der Waals surface area contributed by atoms with Crippen molar-refractivity contribution in [2.45, 2.75) is 32.5 Å². The molecule has 2 aromatic rings. The lowest BCUT2D eigenvalue weighted by Crippen LogP contribution is -2.50. The first-order chi connectivity index (χ1) is 15.4. The van der Waals surface area contributed by atoms with Crippen LogP contribution in [0.3, 0.4) is 0 Å². The molecular formula is C22H26FN5O4. The van der Waals surface area contributed by atoms with Crippen molar-refractivity contribution in [1.82, 2.24) is 24.9 Å². The average molecular weight is 443 g/mol. The van der Waals surface area contributed by atoms with E-state index in [1.165, 1.54) is 22.9 Å².